The fraction of sp³-hybridized carbons (Fsp3) is 0.200. The second-order valence-electron chi connectivity index (χ2n) is 5.74. The van der Waals surface area contributed by atoms with Crippen LogP contribution in [0.25, 0.3) is 11.1 Å². The molecule has 4 rings (SSSR count). The van der Waals surface area contributed by atoms with E-state index in [1.165, 1.54) is 24.0 Å². The van der Waals surface area contributed by atoms with Crippen LogP contribution >= 0.6 is 0 Å². The van der Waals surface area contributed by atoms with Crippen molar-refractivity contribution in [3.63, 3.8) is 0 Å². The maximum absolute atomic E-state index is 2.46. The van der Waals surface area contributed by atoms with Crippen LogP contribution in [-0.2, 0) is 0 Å². The highest BCUT2D eigenvalue weighted by atomic mass is 14.4. The summed E-state index contributed by atoms with van der Waals surface area (Å²) in [5.41, 5.74) is 5.92. The first kappa shape index (κ1) is 11.7. The van der Waals surface area contributed by atoms with E-state index in [4.69, 9.17) is 0 Å². The van der Waals surface area contributed by atoms with Crippen LogP contribution in [-0.4, -0.2) is 0 Å². The molecule has 0 saturated carbocycles. The molecular weight excluding hydrogens is 240 g/mol. The van der Waals surface area contributed by atoms with Gasteiger partial charge in [-0.25, -0.2) is 0 Å². The molecule has 0 amide bonds. The SMILES string of the molecule is C1=C(c2ccccc2)[C@@H]2CC=C(c3ccccc3)[C@@H]2C1. The summed E-state index contributed by atoms with van der Waals surface area (Å²) in [6.45, 7) is 0. The van der Waals surface area contributed by atoms with E-state index in [2.05, 4.69) is 72.8 Å². The standard InChI is InChI=1S/C20H18/c1-3-7-15(8-4-1)17-11-13-20-18(12-14-19(17)20)16-9-5-2-6-10-16/h1-12,19-20H,13-14H2/t19-,20-/m0/s1. The smallest absolute Gasteiger partial charge is 0.00525 e. The highest BCUT2D eigenvalue weighted by Gasteiger charge is 2.36. The Labute approximate surface area is 120 Å². The van der Waals surface area contributed by atoms with Crippen LogP contribution < -0.4 is 0 Å². The highest BCUT2D eigenvalue weighted by molar-refractivity contribution is 5.80. The Hall–Kier alpha value is -2.08. The molecule has 0 fully saturated rings. The molecule has 2 atom stereocenters. The Kier molecular flexibility index (Phi) is 2.81. The van der Waals surface area contributed by atoms with Crippen molar-refractivity contribution in [3.05, 3.63) is 83.9 Å². The molecule has 98 valence electrons. The van der Waals surface area contributed by atoms with E-state index in [1.807, 2.05) is 0 Å². The zero-order valence-electron chi connectivity index (χ0n) is 11.5. The first-order valence-corrected chi connectivity index (χ1v) is 7.44. The molecule has 0 aromatic heterocycles. The number of hydrogen-bond acceptors (Lipinski definition) is 0. The van der Waals surface area contributed by atoms with E-state index in [1.54, 1.807) is 11.1 Å². The summed E-state index contributed by atoms with van der Waals surface area (Å²) < 4.78 is 0. The van der Waals surface area contributed by atoms with Gasteiger partial charge in [0, 0.05) is 0 Å². The predicted octanol–water partition coefficient (Wildman–Crippen LogP) is 5.19. The van der Waals surface area contributed by atoms with E-state index in [0.29, 0.717) is 11.8 Å². The van der Waals surface area contributed by atoms with Crippen molar-refractivity contribution in [1.29, 1.82) is 0 Å². The van der Waals surface area contributed by atoms with Gasteiger partial charge < -0.3 is 0 Å². The van der Waals surface area contributed by atoms with Crippen molar-refractivity contribution in [2.45, 2.75) is 12.8 Å². The molecule has 0 nitrogen and oxygen atoms in total. The fourth-order valence-electron chi connectivity index (χ4n) is 3.75. The maximum atomic E-state index is 2.46. The number of benzene rings is 2. The van der Waals surface area contributed by atoms with E-state index in [9.17, 15) is 0 Å². The lowest BCUT2D eigenvalue weighted by Crippen LogP contribution is -2.06. The molecule has 2 aliphatic carbocycles. The Bertz CT molecular complexity index is 600. The van der Waals surface area contributed by atoms with Crippen molar-refractivity contribution in [2.24, 2.45) is 11.8 Å². The van der Waals surface area contributed by atoms with Crippen LogP contribution in [0.15, 0.2) is 72.8 Å². The molecule has 0 saturated heterocycles. The van der Waals surface area contributed by atoms with Crippen LogP contribution in [0, 0.1) is 11.8 Å². The minimum Gasteiger partial charge on any atom is -0.0798 e. The minimum absolute atomic E-state index is 0.688. The zero-order valence-corrected chi connectivity index (χ0v) is 11.5. The largest absolute Gasteiger partial charge is 0.0798 e. The highest BCUT2D eigenvalue weighted by Crippen LogP contribution is 2.50. The van der Waals surface area contributed by atoms with Crippen LogP contribution in [0.1, 0.15) is 24.0 Å². The molecule has 0 heteroatoms. The monoisotopic (exact) mass is 258 g/mol. The van der Waals surface area contributed by atoms with Crippen LogP contribution in [0.5, 0.6) is 0 Å². The molecule has 0 unspecified atom stereocenters. The number of allylic oxidation sites excluding steroid dienone is 4. The summed E-state index contributed by atoms with van der Waals surface area (Å²) in [6, 6.07) is 21.7. The van der Waals surface area contributed by atoms with Crippen molar-refractivity contribution < 1.29 is 0 Å². The first-order valence-electron chi connectivity index (χ1n) is 7.44. The quantitative estimate of drug-likeness (QED) is 0.695. The Morgan fingerprint density at radius 3 is 1.35 bits per heavy atom. The average molecular weight is 258 g/mol. The second-order valence-corrected chi connectivity index (χ2v) is 5.74. The van der Waals surface area contributed by atoms with Gasteiger partial charge in [-0.15, -0.1) is 0 Å². The summed E-state index contributed by atoms with van der Waals surface area (Å²) in [6.07, 6.45) is 7.30. The lowest BCUT2D eigenvalue weighted by molar-refractivity contribution is 0.574. The minimum atomic E-state index is 0.688. The Balaban J connectivity index is 1.63. The van der Waals surface area contributed by atoms with E-state index in [0.717, 1.165) is 0 Å². The van der Waals surface area contributed by atoms with Crippen molar-refractivity contribution in [1.82, 2.24) is 0 Å². The molecule has 20 heavy (non-hydrogen) atoms. The molecule has 0 N–H and O–H groups in total. The summed E-state index contributed by atoms with van der Waals surface area (Å²) >= 11 is 0. The lowest BCUT2D eigenvalue weighted by atomic mass is 9.85. The molecule has 2 aromatic carbocycles. The first-order chi connectivity index (χ1) is 9.93. The van der Waals surface area contributed by atoms with Gasteiger partial charge >= 0.3 is 0 Å². The van der Waals surface area contributed by atoms with E-state index >= 15 is 0 Å². The van der Waals surface area contributed by atoms with Gasteiger partial charge in [0.2, 0.25) is 0 Å². The van der Waals surface area contributed by atoms with E-state index in [-0.39, 0.29) is 0 Å². The third-order valence-corrected chi connectivity index (χ3v) is 4.68. The average Bonchev–Trinajstić information content (AvgIpc) is 3.10. The van der Waals surface area contributed by atoms with Crippen LogP contribution in [0.4, 0.5) is 0 Å². The molecular formula is C20H18. The second kappa shape index (κ2) is 4.79. The zero-order chi connectivity index (χ0) is 13.4. The molecule has 0 radical (unpaired) electrons. The summed E-state index contributed by atoms with van der Waals surface area (Å²) in [4.78, 5) is 0. The lowest BCUT2D eigenvalue weighted by Gasteiger charge is -2.18. The van der Waals surface area contributed by atoms with Gasteiger partial charge in [-0.05, 0) is 47.0 Å². The number of fused-ring (bicyclic) bond motifs is 1. The van der Waals surface area contributed by atoms with Gasteiger partial charge in [-0.3, -0.25) is 0 Å². The Morgan fingerprint density at radius 1 is 0.550 bits per heavy atom. The predicted molar refractivity (Wildman–Crippen MR) is 85.1 cm³/mol. The molecule has 0 aliphatic heterocycles. The van der Waals surface area contributed by atoms with Crippen molar-refractivity contribution in [2.75, 3.05) is 0 Å². The van der Waals surface area contributed by atoms with Crippen molar-refractivity contribution >= 4 is 11.1 Å². The molecule has 0 heterocycles. The van der Waals surface area contributed by atoms with E-state index < -0.39 is 0 Å². The topological polar surface area (TPSA) is 0 Å². The Morgan fingerprint density at radius 2 is 0.950 bits per heavy atom. The number of hydrogen-bond donors (Lipinski definition) is 0. The van der Waals surface area contributed by atoms with Gasteiger partial charge in [-0.2, -0.15) is 0 Å². The van der Waals surface area contributed by atoms with Gasteiger partial charge in [0.25, 0.3) is 0 Å². The maximum Gasteiger partial charge on any atom is -0.00525 e. The number of rotatable bonds is 2. The fourth-order valence-corrected chi connectivity index (χ4v) is 3.75. The van der Waals surface area contributed by atoms with Crippen molar-refractivity contribution in [3.8, 4) is 0 Å². The van der Waals surface area contributed by atoms with Gasteiger partial charge in [-0.1, -0.05) is 72.8 Å². The molecule has 2 aromatic rings. The molecule has 2 aliphatic rings. The molecule has 0 spiro atoms. The molecule has 0 bridgehead atoms. The summed E-state index contributed by atoms with van der Waals surface area (Å²) in [7, 11) is 0. The van der Waals surface area contributed by atoms with Crippen LogP contribution in [0.2, 0.25) is 0 Å². The third-order valence-electron chi connectivity index (χ3n) is 4.68. The van der Waals surface area contributed by atoms with Gasteiger partial charge in [0.05, 0.1) is 0 Å². The normalized spacial score (nSPS) is 24.2. The summed E-state index contributed by atoms with van der Waals surface area (Å²) in [5.74, 6) is 1.38. The van der Waals surface area contributed by atoms with Crippen LogP contribution in [0.3, 0.4) is 0 Å². The van der Waals surface area contributed by atoms with Gasteiger partial charge in [0.15, 0.2) is 0 Å². The third kappa shape index (κ3) is 1.84. The van der Waals surface area contributed by atoms with Gasteiger partial charge in [0.1, 0.15) is 0 Å². The summed E-state index contributed by atoms with van der Waals surface area (Å²) in [5, 5.41) is 0.